The first-order valence-electron chi connectivity index (χ1n) is 42.3. The van der Waals surface area contributed by atoms with Crippen molar-refractivity contribution in [2.24, 2.45) is 58.3 Å². The fourth-order valence-corrected chi connectivity index (χ4v) is 9.31. The molecule has 14 nitrogen and oxygen atoms in total. The van der Waals surface area contributed by atoms with Gasteiger partial charge in [-0.05, 0) is 174 Å². The quantitative estimate of drug-likeness (QED) is 0.147. The maximum Gasteiger partial charge on any atom is 0.228 e. The van der Waals surface area contributed by atoms with Crippen LogP contribution in [0.25, 0.3) is 65.1 Å². The molecular formula is C103H147N11O3S. The molecule has 2 N–H and O–H groups in total. The Kier molecular flexibility index (Phi) is 58.6. The summed E-state index contributed by atoms with van der Waals surface area (Å²) in [6, 6.07) is 62.4. The van der Waals surface area contributed by atoms with Crippen LogP contribution < -0.4 is 4.74 Å². The van der Waals surface area contributed by atoms with E-state index in [1.165, 1.54) is 86.3 Å². The summed E-state index contributed by atoms with van der Waals surface area (Å²) in [5.41, 5.74) is 15.1. The molecule has 0 fully saturated rings. The normalized spacial score (nSPS) is 10.8. The molecule has 0 saturated heterocycles. The van der Waals surface area contributed by atoms with Crippen molar-refractivity contribution in [3.8, 4) is 5.88 Å². The number of ether oxygens (including phenoxy) is 1. The zero-order valence-electron chi connectivity index (χ0n) is 76.9. The number of aromatic amines is 2. The number of nitrogens with zero attached hydrogens (tertiary/aromatic N) is 9. The van der Waals surface area contributed by atoms with Gasteiger partial charge in [0.15, 0.2) is 12.0 Å². The minimum absolute atomic E-state index is 0.644. The van der Waals surface area contributed by atoms with E-state index < -0.39 is 0 Å². The van der Waals surface area contributed by atoms with Crippen molar-refractivity contribution < 1.29 is 13.6 Å². The van der Waals surface area contributed by atoms with Crippen LogP contribution >= 0.6 is 11.3 Å². The number of rotatable bonds is 0. The Morgan fingerprint density at radius 2 is 0.814 bits per heavy atom. The first kappa shape index (κ1) is 105. The molecule has 15 heteroatoms. The summed E-state index contributed by atoms with van der Waals surface area (Å²) in [5.74, 6) is 8.32. The third-order valence-electron chi connectivity index (χ3n) is 12.7. The molecule has 0 spiro atoms. The lowest BCUT2D eigenvalue weighted by Gasteiger charge is -1.92. The van der Waals surface area contributed by atoms with Gasteiger partial charge >= 0.3 is 0 Å². The van der Waals surface area contributed by atoms with Crippen molar-refractivity contribution in [1.29, 1.82) is 0 Å². The molecule has 638 valence electrons. The molecule has 3 aliphatic rings. The van der Waals surface area contributed by atoms with Crippen LogP contribution in [0, 0.1) is 53.3 Å². The molecular weight excluding hydrogens is 1470 g/mol. The number of fused-ring (bicyclic) bond motifs is 9. The Balaban J connectivity index is 0.000000633. The maximum absolute atomic E-state index is 5.19. The van der Waals surface area contributed by atoms with Crippen LogP contribution in [0.1, 0.15) is 221 Å². The topological polar surface area (TPSA) is 183 Å². The zero-order chi connectivity index (χ0) is 87.8. The highest BCUT2D eigenvalue weighted by Gasteiger charge is 2.11. The van der Waals surface area contributed by atoms with Crippen LogP contribution in [0.2, 0.25) is 0 Å². The first-order chi connectivity index (χ1) is 56.3. The number of aromatic nitrogens is 10. The molecule has 15 aromatic rings. The van der Waals surface area contributed by atoms with E-state index in [4.69, 9.17) is 13.6 Å². The van der Waals surface area contributed by atoms with Crippen LogP contribution in [-0.4, -0.2) is 62.7 Å². The van der Waals surface area contributed by atoms with E-state index in [1.54, 1.807) is 36.2 Å². The summed E-state index contributed by atoms with van der Waals surface area (Å²) in [6.07, 6.45) is 23.9. The number of hydrogen-bond acceptors (Lipinski definition) is 13. The Morgan fingerprint density at radius 1 is 0.356 bits per heavy atom. The minimum Gasteiger partial charge on any atom is -0.477 e. The predicted molar refractivity (Wildman–Crippen MR) is 514 cm³/mol. The Labute approximate surface area is 715 Å². The van der Waals surface area contributed by atoms with Gasteiger partial charge in [-0.1, -0.05) is 290 Å². The second-order valence-corrected chi connectivity index (χ2v) is 34.7. The highest BCUT2D eigenvalue weighted by Crippen LogP contribution is 2.21. The van der Waals surface area contributed by atoms with Crippen molar-refractivity contribution in [2.45, 2.75) is 219 Å². The average molecular weight is 1620 g/mol. The Bertz CT molecular complexity index is 4050. The number of H-pyrrole nitrogens is 2. The molecule has 0 unspecified atom stereocenters. The lowest BCUT2D eigenvalue weighted by atomic mass is 10.2. The van der Waals surface area contributed by atoms with Crippen LogP contribution in [-0.2, 0) is 25.8 Å². The van der Waals surface area contributed by atoms with Crippen molar-refractivity contribution in [3.05, 3.63) is 284 Å². The predicted octanol–water partition coefficient (Wildman–Crippen LogP) is 30.5. The van der Waals surface area contributed by atoms with E-state index >= 15 is 0 Å². The van der Waals surface area contributed by atoms with Gasteiger partial charge < -0.3 is 23.5 Å². The average Bonchev–Trinajstić information content (AvgIpc) is 1.71. The third-order valence-corrected chi connectivity index (χ3v) is 13.6. The third kappa shape index (κ3) is 55.9. The standard InChI is InChI=1S/C9H7N.C8H9N.2C8H7N.C7H6N2.C7H7NO.C7H5NO.C7H5NS.C6H4N2O.9C4H10/c1-2-6-9-8(4-1)5-3-7-10-9;1-3-7-4-2-6-9-8(7)5-1;2*1-2-4-8-7(3-1)5-6-9-8;1-2-6-4-8-5-7(6)9-3-1;1-2-6-3-5-9-7(6)8-4-1;2*1-2-4-7-6(3-1)8-5-9-7;1-2-9-6-5(1)3-7-4-8-6;9*1-4(2)3/h1-7H;2,4,6H,1,3,5H2;2*1-6,9H;1-3,5H,4H2;1-2,4H,3,5H2;2*1-5H;1-4H;9*4H,1-3H3. The summed E-state index contributed by atoms with van der Waals surface area (Å²) < 4.78 is 16.4. The Morgan fingerprint density at radius 3 is 1.32 bits per heavy atom. The van der Waals surface area contributed by atoms with Crippen molar-refractivity contribution >= 4 is 82.7 Å². The van der Waals surface area contributed by atoms with Gasteiger partial charge in [0.05, 0.1) is 51.7 Å². The molecule has 5 aromatic carbocycles. The number of furan rings is 1. The molecule has 12 heterocycles. The molecule has 0 radical (unpaired) electrons. The van der Waals surface area contributed by atoms with Crippen molar-refractivity contribution in [2.75, 3.05) is 6.61 Å². The second-order valence-electron chi connectivity index (χ2n) is 33.8. The number of thiazole rings is 1. The van der Waals surface area contributed by atoms with E-state index in [1.807, 2.05) is 152 Å². The first-order valence-corrected chi connectivity index (χ1v) is 43.1. The number of oxazole rings is 1. The molecule has 118 heavy (non-hydrogen) atoms. The van der Waals surface area contributed by atoms with Crippen molar-refractivity contribution in [3.63, 3.8) is 0 Å². The van der Waals surface area contributed by atoms with E-state index in [2.05, 4.69) is 315 Å². The van der Waals surface area contributed by atoms with Crippen LogP contribution in [0.15, 0.2) is 270 Å². The summed E-state index contributed by atoms with van der Waals surface area (Å²) >= 11 is 1.68. The van der Waals surface area contributed by atoms with E-state index in [0.29, 0.717) is 5.71 Å². The van der Waals surface area contributed by atoms with E-state index in [9.17, 15) is 0 Å². The number of nitrogens with one attached hydrogen (secondary N) is 2. The molecule has 0 atom stereocenters. The molecule has 2 aliphatic heterocycles. The number of hydrogen-bond donors (Lipinski definition) is 2. The lowest BCUT2D eigenvalue weighted by molar-refractivity contribution is 0.345. The monoisotopic (exact) mass is 1620 g/mol. The van der Waals surface area contributed by atoms with E-state index in [0.717, 1.165) is 112 Å². The summed E-state index contributed by atoms with van der Waals surface area (Å²) in [5, 5.41) is 4.69. The van der Waals surface area contributed by atoms with Gasteiger partial charge in [0.2, 0.25) is 11.6 Å². The fourth-order valence-electron chi connectivity index (χ4n) is 8.63. The van der Waals surface area contributed by atoms with Gasteiger partial charge in [-0.15, -0.1) is 11.3 Å². The van der Waals surface area contributed by atoms with Crippen molar-refractivity contribution in [1.82, 2.24) is 49.8 Å². The van der Waals surface area contributed by atoms with Gasteiger partial charge in [-0.3, -0.25) is 19.9 Å². The largest absolute Gasteiger partial charge is 0.477 e. The number of benzene rings is 5. The maximum atomic E-state index is 5.19. The summed E-state index contributed by atoms with van der Waals surface area (Å²) in [4.78, 5) is 42.7. The number of para-hydroxylation sites is 6. The smallest absolute Gasteiger partial charge is 0.228 e. The van der Waals surface area contributed by atoms with Gasteiger partial charge in [-0.25, -0.2) is 24.9 Å². The lowest BCUT2D eigenvalue weighted by Crippen LogP contribution is -1.87. The van der Waals surface area contributed by atoms with Gasteiger partial charge in [0.25, 0.3) is 0 Å². The minimum atomic E-state index is 0.644. The number of aryl methyl sites for hydroxylation is 2. The van der Waals surface area contributed by atoms with Crippen LogP contribution in [0.3, 0.4) is 0 Å². The molecule has 0 bridgehead atoms. The summed E-state index contributed by atoms with van der Waals surface area (Å²) in [7, 11) is 0. The molecule has 1 aliphatic carbocycles. The zero-order valence-corrected chi connectivity index (χ0v) is 77.7. The number of aliphatic imine (C=N–C) groups is 1. The molecule has 0 amide bonds. The van der Waals surface area contributed by atoms with Gasteiger partial charge in [0.1, 0.15) is 11.8 Å². The SMILES string of the molecule is C1=NCc2cccnc21.CC(C)C.CC(C)C.CC(C)C.CC(C)C.CC(C)C.CC(C)C.CC(C)C.CC(C)C.CC(C)C.c1ccc2[nH]ccc2c1.c1ccc2[nH]ccc2c1.c1ccc2ncccc2c1.c1ccc2ocnc2c1.c1ccc2scnc2c1.c1cnc2c(c1)CCC2.c1cnc2c(c1)CCO2.c1ncc2ccoc2n1. The number of pyridine rings is 4. The summed E-state index contributed by atoms with van der Waals surface area (Å²) in [6.45, 7) is 60.1. The second kappa shape index (κ2) is 65.5. The highest BCUT2D eigenvalue weighted by molar-refractivity contribution is 7.16. The molecule has 0 saturated carbocycles. The van der Waals surface area contributed by atoms with E-state index in [-0.39, 0.29) is 0 Å². The molecule has 18 rings (SSSR count). The van der Waals surface area contributed by atoms with Gasteiger partial charge in [-0.2, -0.15) is 0 Å². The van der Waals surface area contributed by atoms with Gasteiger partial charge in [0, 0.05) is 89.3 Å². The highest BCUT2D eigenvalue weighted by atomic mass is 32.1. The Hall–Kier alpha value is -10.5. The van der Waals surface area contributed by atoms with Crippen LogP contribution in [0.4, 0.5) is 0 Å². The van der Waals surface area contributed by atoms with Crippen LogP contribution in [0.5, 0.6) is 5.88 Å². The molecule has 10 aromatic heterocycles. The fraction of sp³-hybridized carbons (Fsp3) is 0.408.